The molecular formula is C13H21BrN4O2. The molecule has 1 N–H and O–H groups in total. The van der Waals surface area contributed by atoms with Gasteiger partial charge in [-0.2, -0.15) is 5.10 Å². The highest BCUT2D eigenvalue weighted by Crippen LogP contribution is 2.15. The number of hydrogen-bond acceptors (Lipinski definition) is 4. The summed E-state index contributed by atoms with van der Waals surface area (Å²) in [7, 11) is 0. The molecule has 0 bridgehead atoms. The van der Waals surface area contributed by atoms with E-state index in [0.29, 0.717) is 19.6 Å². The molecule has 1 aromatic heterocycles. The summed E-state index contributed by atoms with van der Waals surface area (Å²) in [6.07, 6.45) is 3.17. The van der Waals surface area contributed by atoms with E-state index in [1.54, 1.807) is 17.8 Å². The average molecular weight is 345 g/mol. The van der Waals surface area contributed by atoms with Crippen LogP contribution in [0.15, 0.2) is 16.9 Å². The number of halogens is 1. The van der Waals surface area contributed by atoms with Crippen molar-refractivity contribution in [3.05, 3.63) is 16.9 Å². The minimum atomic E-state index is -0.322. The third kappa shape index (κ3) is 3.80. The van der Waals surface area contributed by atoms with E-state index in [-0.39, 0.29) is 18.1 Å². The third-order valence-corrected chi connectivity index (χ3v) is 3.94. The van der Waals surface area contributed by atoms with Crippen LogP contribution >= 0.6 is 15.9 Å². The second kappa shape index (κ2) is 6.69. The highest BCUT2D eigenvalue weighted by atomic mass is 79.9. The summed E-state index contributed by atoms with van der Waals surface area (Å²) in [6, 6.07) is -0.287. The molecule has 112 valence electrons. The summed E-state index contributed by atoms with van der Waals surface area (Å²) in [5.74, 6) is 0.0947. The fourth-order valence-corrected chi connectivity index (χ4v) is 2.73. The van der Waals surface area contributed by atoms with E-state index in [0.717, 1.165) is 17.6 Å². The molecule has 0 aromatic carbocycles. The maximum Gasteiger partial charge on any atom is 0.247 e. The first-order valence-corrected chi connectivity index (χ1v) is 7.65. The maximum absolute atomic E-state index is 12.4. The number of β-amino-alcohol motifs (C(OH)–C–C–N with tert-alkyl or cyclic N) is 1. The molecule has 7 heteroatoms. The van der Waals surface area contributed by atoms with Crippen molar-refractivity contribution in [3.8, 4) is 0 Å². The molecule has 0 radical (unpaired) electrons. The number of aliphatic hydroxyl groups excluding tert-OH is 1. The Morgan fingerprint density at radius 2 is 2.05 bits per heavy atom. The molecule has 1 saturated heterocycles. The molecule has 6 nitrogen and oxygen atoms in total. The Balaban J connectivity index is 1.88. The van der Waals surface area contributed by atoms with Gasteiger partial charge in [0.15, 0.2) is 0 Å². The van der Waals surface area contributed by atoms with Gasteiger partial charge < -0.3 is 10.0 Å². The third-order valence-electron chi connectivity index (χ3n) is 3.53. The van der Waals surface area contributed by atoms with Gasteiger partial charge in [0.1, 0.15) is 6.04 Å². The lowest BCUT2D eigenvalue weighted by Crippen LogP contribution is -2.51. The molecule has 0 spiro atoms. The van der Waals surface area contributed by atoms with E-state index in [1.807, 2.05) is 18.0 Å². The zero-order valence-corrected chi connectivity index (χ0v) is 13.5. The summed E-state index contributed by atoms with van der Waals surface area (Å²) in [5.41, 5.74) is 0. The van der Waals surface area contributed by atoms with Crippen LogP contribution in [-0.2, 0) is 4.79 Å². The van der Waals surface area contributed by atoms with Crippen LogP contribution < -0.4 is 0 Å². The second-order valence-corrected chi connectivity index (χ2v) is 6.21. The lowest BCUT2D eigenvalue weighted by atomic mass is 10.2. The van der Waals surface area contributed by atoms with Crippen LogP contribution in [0.4, 0.5) is 0 Å². The number of amides is 1. The number of aliphatic hydroxyl groups is 1. The largest absolute Gasteiger partial charge is 0.392 e. The van der Waals surface area contributed by atoms with Crippen molar-refractivity contribution in [2.75, 3.05) is 32.7 Å². The first-order chi connectivity index (χ1) is 9.47. The van der Waals surface area contributed by atoms with Crippen molar-refractivity contribution in [3.63, 3.8) is 0 Å². The molecule has 0 saturated carbocycles. The van der Waals surface area contributed by atoms with Gasteiger partial charge in [0, 0.05) is 38.9 Å². The van der Waals surface area contributed by atoms with Gasteiger partial charge in [0.2, 0.25) is 5.91 Å². The maximum atomic E-state index is 12.4. The molecule has 1 aliphatic rings. The highest BCUT2D eigenvalue weighted by Gasteiger charge is 2.26. The van der Waals surface area contributed by atoms with E-state index in [2.05, 4.69) is 25.9 Å². The van der Waals surface area contributed by atoms with E-state index in [4.69, 9.17) is 0 Å². The lowest BCUT2D eigenvalue weighted by Gasteiger charge is -2.36. The lowest BCUT2D eigenvalue weighted by molar-refractivity contribution is -0.136. The summed E-state index contributed by atoms with van der Waals surface area (Å²) in [5, 5.41) is 13.5. The number of nitrogens with zero attached hydrogens (tertiary/aromatic N) is 4. The van der Waals surface area contributed by atoms with Crippen molar-refractivity contribution in [1.82, 2.24) is 19.6 Å². The SMILES string of the molecule is CC(O)CN1CCN(C(=O)C(C)n2cc(Br)cn2)CC1. The molecule has 1 amide bonds. The number of carbonyl (C=O) groups excluding carboxylic acids is 1. The van der Waals surface area contributed by atoms with Gasteiger partial charge in [-0.1, -0.05) is 0 Å². The summed E-state index contributed by atoms with van der Waals surface area (Å²) < 4.78 is 2.55. The van der Waals surface area contributed by atoms with E-state index in [9.17, 15) is 9.90 Å². The number of carbonyl (C=O) groups is 1. The smallest absolute Gasteiger partial charge is 0.247 e. The van der Waals surface area contributed by atoms with E-state index < -0.39 is 0 Å². The predicted octanol–water partition coefficient (Wildman–Crippen LogP) is 0.732. The van der Waals surface area contributed by atoms with Crippen LogP contribution in [0.2, 0.25) is 0 Å². The zero-order chi connectivity index (χ0) is 14.7. The standard InChI is InChI=1S/C13H21BrN4O2/c1-10(19)8-16-3-5-17(6-4-16)13(20)11(2)18-9-12(14)7-15-18/h7,9-11,19H,3-6,8H2,1-2H3. The van der Waals surface area contributed by atoms with Crippen molar-refractivity contribution < 1.29 is 9.90 Å². The molecule has 2 rings (SSSR count). The van der Waals surface area contributed by atoms with Crippen LogP contribution in [0.1, 0.15) is 19.9 Å². The Morgan fingerprint density at radius 3 is 2.55 bits per heavy atom. The predicted molar refractivity (Wildman–Crippen MR) is 79.3 cm³/mol. The highest BCUT2D eigenvalue weighted by molar-refractivity contribution is 9.10. The van der Waals surface area contributed by atoms with Gasteiger partial charge in [-0.3, -0.25) is 14.4 Å². The normalized spacial score (nSPS) is 19.9. The number of hydrogen-bond donors (Lipinski definition) is 1. The fourth-order valence-electron chi connectivity index (χ4n) is 2.43. The van der Waals surface area contributed by atoms with Crippen LogP contribution in [0, 0.1) is 0 Å². The number of piperazine rings is 1. The quantitative estimate of drug-likeness (QED) is 0.874. The molecular weight excluding hydrogens is 324 g/mol. The van der Waals surface area contributed by atoms with Crippen molar-refractivity contribution in [1.29, 1.82) is 0 Å². The topological polar surface area (TPSA) is 61.6 Å². The Hall–Kier alpha value is -0.920. The summed E-state index contributed by atoms with van der Waals surface area (Å²) >= 11 is 3.34. The van der Waals surface area contributed by atoms with Crippen LogP contribution in [0.5, 0.6) is 0 Å². The minimum absolute atomic E-state index is 0.0947. The Kier molecular flexibility index (Phi) is 5.17. The minimum Gasteiger partial charge on any atom is -0.392 e. The average Bonchev–Trinajstić information content (AvgIpc) is 2.84. The molecule has 1 fully saturated rings. The fraction of sp³-hybridized carbons (Fsp3) is 0.692. The summed E-state index contributed by atoms with van der Waals surface area (Å²) in [4.78, 5) is 16.5. The van der Waals surface area contributed by atoms with Gasteiger partial charge >= 0.3 is 0 Å². The number of aromatic nitrogens is 2. The van der Waals surface area contributed by atoms with Gasteiger partial charge in [-0.15, -0.1) is 0 Å². The van der Waals surface area contributed by atoms with Gasteiger partial charge in [-0.25, -0.2) is 0 Å². The second-order valence-electron chi connectivity index (χ2n) is 5.29. The monoisotopic (exact) mass is 344 g/mol. The van der Waals surface area contributed by atoms with E-state index >= 15 is 0 Å². The van der Waals surface area contributed by atoms with Crippen molar-refractivity contribution in [2.45, 2.75) is 26.0 Å². The molecule has 20 heavy (non-hydrogen) atoms. The Morgan fingerprint density at radius 1 is 1.40 bits per heavy atom. The van der Waals surface area contributed by atoms with Gasteiger partial charge in [0.05, 0.1) is 16.8 Å². The first kappa shape index (κ1) is 15.5. The Labute approximate surface area is 127 Å². The zero-order valence-electron chi connectivity index (χ0n) is 11.9. The van der Waals surface area contributed by atoms with Crippen LogP contribution in [0.3, 0.4) is 0 Å². The van der Waals surface area contributed by atoms with Crippen molar-refractivity contribution >= 4 is 21.8 Å². The van der Waals surface area contributed by atoms with Crippen molar-refractivity contribution in [2.24, 2.45) is 0 Å². The van der Waals surface area contributed by atoms with E-state index in [1.165, 1.54) is 0 Å². The molecule has 1 aliphatic heterocycles. The molecule has 2 atom stereocenters. The first-order valence-electron chi connectivity index (χ1n) is 6.86. The molecule has 2 heterocycles. The van der Waals surface area contributed by atoms with Crippen LogP contribution in [-0.4, -0.2) is 69.4 Å². The van der Waals surface area contributed by atoms with Gasteiger partial charge in [-0.05, 0) is 29.8 Å². The summed E-state index contributed by atoms with van der Waals surface area (Å²) in [6.45, 7) is 7.36. The number of rotatable bonds is 4. The molecule has 1 aromatic rings. The van der Waals surface area contributed by atoms with Crippen LogP contribution in [0.25, 0.3) is 0 Å². The molecule has 0 aliphatic carbocycles. The molecule has 2 unspecified atom stereocenters. The van der Waals surface area contributed by atoms with Gasteiger partial charge in [0.25, 0.3) is 0 Å². The Bertz CT molecular complexity index is 455.